The number of hydrogen-bond acceptors (Lipinski definition) is 5. The zero-order valence-electron chi connectivity index (χ0n) is 14.8. The van der Waals surface area contributed by atoms with Crippen LogP contribution >= 0.6 is 0 Å². The average Bonchev–Trinajstić information content (AvgIpc) is 2.68. The molecule has 1 saturated heterocycles. The molecule has 2 rings (SSSR count). The minimum Gasteiger partial charge on any atom is -0.478 e. The van der Waals surface area contributed by atoms with Gasteiger partial charge >= 0.3 is 13.1 Å². The van der Waals surface area contributed by atoms with Gasteiger partial charge < -0.3 is 25.5 Å². The predicted molar refractivity (Wildman–Crippen MR) is 95.8 cm³/mol. The molecular weight excluding hydrogens is 307 g/mol. The molecule has 0 atom stereocenters. The van der Waals surface area contributed by atoms with Crippen LogP contribution in [0.3, 0.4) is 0 Å². The lowest BCUT2D eigenvalue weighted by atomic mass is 9.76. The smallest absolute Gasteiger partial charge is 0.478 e. The topological polar surface area (TPSA) is 93.8 Å². The lowest BCUT2D eigenvalue weighted by Gasteiger charge is -2.32. The highest BCUT2D eigenvalue weighted by Gasteiger charge is 2.52. The lowest BCUT2D eigenvalue weighted by Crippen LogP contribution is -2.41. The average molecular weight is 332 g/mol. The van der Waals surface area contributed by atoms with Gasteiger partial charge in [0, 0.05) is 12.2 Å². The molecule has 1 aromatic carbocycles. The van der Waals surface area contributed by atoms with Gasteiger partial charge in [0.2, 0.25) is 0 Å². The molecule has 0 spiro atoms. The van der Waals surface area contributed by atoms with Crippen molar-refractivity contribution in [3.05, 3.63) is 34.8 Å². The molecule has 1 aliphatic heterocycles. The van der Waals surface area contributed by atoms with Crippen molar-refractivity contribution in [2.45, 2.75) is 38.9 Å². The van der Waals surface area contributed by atoms with Crippen LogP contribution in [0.4, 0.5) is 5.69 Å². The Morgan fingerprint density at radius 2 is 1.88 bits per heavy atom. The zero-order chi connectivity index (χ0) is 18.1. The molecule has 7 heteroatoms. The first-order valence-electron chi connectivity index (χ1n) is 7.91. The summed E-state index contributed by atoms with van der Waals surface area (Å²) in [6.45, 7) is 8.44. The van der Waals surface area contributed by atoms with Crippen molar-refractivity contribution >= 4 is 24.9 Å². The van der Waals surface area contributed by atoms with Gasteiger partial charge in [-0.15, -0.1) is 0 Å². The third kappa shape index (κ3) is 3.63. The first kappa shape index (κ1) is 18.5. The monoisotopic (exact) mass is 332 g/mol. The molecular formula is C17H25BN2O4. The van der Waals surface area contributed by atoms with E-state index in [9.17, 15) is 9.90 Å². The van der Waals surface area contributed by atoms with E-state index in [-0.39, 0.29) is 5.56 Å². The Hall–Kier alpha value is -1.83. The summed E-state index contributed by atoms with van der Waals surface area (Å²) in [5.41, 5.74) is 6.74. The third-order valence-electron chi connectivity index (χ3n) is 4.59. The number of nitrogen functional groups attached to an aromatic ring is 1. The first-order valence-corrected chi connectivity index (χ1v) is 7.91. The van der Waals surface area contributed by atoms with Crippen LogP contribution in [0.15, 0.2) is 23.7 Å². The zero-order valence-corrected chi connectivity index (χ0v) is 14.8. The molecule has 0 aliphatic carbocycles. The SMILES string of the molecule is CNCC(=Cc1ccc(N)cc1C(=O)O)B1OC(C)(C)C(C)(C)O1. The molecule has 0 saturated carbocycles. The van der Waals surface area contributed by atoms with E-state index in [1.807, 2.05) is 34.7 Å². The normalized spacial score (nSPS) is 19.5. The number of carbonyl (C=O) groups is 1. The maximum atomic E-state index is 11.5. The summed E-state index contributed by atoms with van der Waals surface area (Å²) in [6, 6.07) is 4.83. The van der Waals surface area contributed by atoms with Crippen molar-refractivity contribution in [2.75, 3.05) is 19.3 Å². The summed E-state index contributed by atoms with van der Waals surface area (Å²) in [4.78, 5) is 11.5. The van der Waals surface area contributed by atoms with Gasteiger partial charge in [-0.25, -0.2) is 4.79 Å². The number of aromatic carboxylic acids is 1. The van der Waals surface area contributed by atoms with Gasteiger partial charge in [0.05, 0.1) is 16.8 Å². The maximum absolute atomic E-state index is 11.5. The van der Waals surface area contributed by atoms with E-state index in [0.29, 0.717) is 17.8 Å². The Morgan fingerprint density at radius 3 is 2.38 bits per heavy atom. The van der Waals surface area contributed by atoms with Crippen LogP contribution in [0.2, 0.25) is 0 Å². The molecule has 1 heterocycles. The van der Waals surface area contributed by atoms with Crippen molar-refractivity contribution in [3.63, 3.8) is 0 Å². The second kappa shape index (κ2) is 6.59. The van der Waals surface area contributed by atoms with E-state index in [4.69, 9.17) is 15.0 Å². The molecule has 24 heavy (non-hydrogen) atoms. The number of likely N-dealkylation sites (N-methyl/N-ethyl adjacent to an activating group) is 1. The van der Waals surface area contributed by atoms with E-state index in [1.54, 1.807) is 18.2 Å². The summed E-state index contributed by atoms with van der Waals surface area (Å²) < 4.78 is 12.1. The quantitative estimate of drug-likeness (QED) is 0.565. The van der Waals surface area contributed by atoms with E-state index in [1.165, 1.54) is 6.07 Å². The van der Waals surface area contributed by atoms with Crippen LogP contribution in [-0.4, -0.2) is 43.0 Å². The number of anilines is 1. The molecule has 0 radical (unpaired) electrons. The van der Waals surface area contributed by atoms with E-state index < -0.39 is 24.3 Å². The van der Waals surface area contributed by atoms with Gasteiger partial charge in [0.15, 0.2) is 0 Å². The Kier molecular flexibility index (Phi) is 5.08. The van der Waals surface area contributed by atoms with Crippen molar-refractivity contribution < 1.29 is 19.2 Å². The van der Waals surface area contributed by atoms with Gasteiger partial charge in [-0.05, 0) is 57.9 Å². The Bertz CT molecular complexity index is 655. The standard InChI is InChI=1S/C17H25BN2O4/c1-16(2)17(3,4)24-18(23-16)12(10-20-5)8-11-6-7-13(19)9-14(11)15(21)22/h6-9,20H,10,19H2,1-5H3,(H,21,22). The fraction of sp³-hybridized carbons (Fsp3) is 0.471. The van der Waals surface area contributed by atoms with Crippen LogP contribution in [0, 0.1) is 0 Å². The van der Waals surface area contributed by atoms with Crippen LogP contribution in [0.5, 0.6) is 0 Å². The maximum Gasteiger partial charge on any atom is 0.491 e. The summed E-state index contributed by atoms with van der Waals surface area (Å²) >= 11 is 0. The molecule has 6 nitrogen and oxygen atoms in total. The highest BCUT2D eigenvalue weighted by molar-refractivity contribution is 6.56. The highest BCUT2D eigenvalue weighted by Crippen LogP contribution is 2.38. The van der Waals surface area contributed by atoms with Gasteiger partial charge in [0.25, 0.3) is 0 Å². The number of benzene rings is 1. The van der Waals surface area contributed by atoms with Crippen molar-refractivity contribution in [1.82, 2.24) is 5.32 Å². The number of rotatable bonds is 5. The molecule has 130 valence electrons. The van der Waals surface area contributed by atoms with Gasteiger partial charge in [-0.3, -0.25) is 0 Å². The third-order valence-corrected chi connectivity index (χ3v) is 4.59. The fourth-order valence-electron chi connectivity index (χ4n) is 2.49. The molecule has 1 fully saturated rings. The lowest BCUT2D eigenvalue weighted by molar-refractivity contribution is 0.00578. The molecule has 1 aromatic rings. The number of carboxylic acids is 1. The van der Waals surface area contributed by atoms with Crippen LogP contribution in [-0.2, 0) is 9.31 Å². The molecule has 1 aliphatic rings. The second-order valence-electron chi connectivity index (χ2n) is 6.99. The highest BCUT2D eigenvalue weighted by atomic mass is 16.7. The van der Waals surface area contributed by atoms with Gasteiger partial charge in [-0.1, -0.05) is 12.1 Å². The van der Waals surface area contributed by atoms with Gasteiger partial charge in [-0.2, -0.15) is 0 Å². The molecule has 0 aromatic heterocycles. The molecule has 4 N–H and O–H groups in total. The largest absolute Gasteiger partial charge is 0.491 e. The Balaban J connectivity index is 2.42. The number of carboxylic acid groups (broad SMARTS) is 1. The molecule has 0 amide bonds. The van der Waals surface area contributed by atoms with Crippen LogP contribution < -0.4 is 11.1 Å². The Labute approximate surface area is 143 Å². The Morgan fingerprint density at radius 1 is 1.29 bits per heavy atom. The minimum absolute atomic E-state index is 0.153. The first-order chi connectivity index (χ1) is 11.1. The fourth-order valence-corrected chi connectivity index (χ4v) is 2.49. The summed E-state index contributed by atoms with van der Waals surface area (Å²) in [5.74, 6) is -1.02. The minimum atomic E-state index is -1.02. The number of hydrogen-bond donors (Lipinski definition) is 3. The molecule has 0 bridgehead atoms. The van der Waals surface area contributed by atoms with Crippen LogP contribution in [0.1, 0.15) is 43.6 Å². The summed E-state index contributed by atoms with van der Waals surface area (Å²) in [7, 11) is 1.28. The molecule has 0 unspecified atom stereocenters. The second-order valence-corrected chi connectivity index (χ2v) is 6.99. The van der Waals surface area contributed by atoms with E-state index >= 15 is 0 Å². The van der Waals surface area contributed by atoms with E-state index in [2.05, 4.69) is 5.32 Å². The van der Waals surface area contributed by atoms with Crippen molar-refractivity contribution in [2.24, 2.45) is 0 Å². The van der Waals surface area contributed by atoms with Crippen molar-refractivity contribution in [1.29, 1.82) is 0 Å². The van der Waals surface area contributed by atoms with Gasteiger partial charge in [0.1, 0.15) is 0 Å². The number of nitrogens with one attached hydrogen (secondary N) is 1. The van der Waals surface area contributed by atoms with Crippen molar-refractivity contribution in [3.8, 4) is 0 Å². The van der Waals surface area contributed by atoms with E-state index in [0.717, 1.165) is 5.47 Å². The van der Waals surface area contributed by atoms with Crippen LogP contribution in [0.25, 0.3) is 6.08 Å². The predicted octanol–water partition coefficient (Wildman–Crippen LogP) is 2.20. The summed E-state index contributed by atoms with van der Waals surface area (Å²) in [6.07, 6.45) is 1.79. The number of nitrogens with two attached hydrogens (primary N) is 1. The summed E-state index contributed by atoms with van der Waals surface area (Å²) in [5, 5.41) is 12.5.